The molecule has 13 heavy (non-hydrogen) atoms. The van der Waals surface area contributed by atoms with Gasteiger partial charge < -0.3 is 10.6 Å². The summed E-state index contributed by atoms with van der Waals surface area (Å²) in [6, 6.07) is -0.266. The molecule has 0 saturated heterocycles. The maximum absolute atomic E-state index is 11.2. The van der Waals surface area contributed by atoms with Crippen molar-refractivity contribution < 1.29 is 4.79 Å². The van der Waals surface area contributed by atoms with Crippen LogP contribution in [0, 0.1) is 5.92 Å². The Labute approximate surface area is 94.2 Å². The number of rotatable bonds is 3. The van der Waals surface area contributed by atoms with Gasteiger partial charge in [-0.3, -0.25) is 4.79 Å². The Kier molecular flexibility index (Phi) is 6.67. The van der Waals surface area contributed by atoms with E-state index in [1.165, 1.54) is 12.8 Å². The van der Waals surface area contributed by atoms with Crippen molar-refractivity contribution in [3.8, 4) is 0 Å². The second kappa shape index (κ2) is 6.59. The molecular weight excluding hydrogens is 279 g/mol. The molecule has 0 aromatic rings. The number of hydrogen-bond donors (Lipinski definition) is 1. The highest BCUT2D eigenvalue weighted by Gasteiger charge is 2.27. The third-order valence-corrected chi connectivity index (χ3v) is 2.04. The van der Waals surface area contributed by atoms with Crippen molar-refractivity contribution in [3.63, 3.8) is 0 Å². The zero-order valence-corrected chi connectivity index (χ0v) is 10.7. The highest BCUT2D eigenvalue weighted by atomic mass is 127. The first-order chi connectivity index (χ1) is 6.11. The van der Waals surface area contributed by atoms with Gasteiger partial charge in [-0.25, -0.2) is 0 Å². The van der Waals surface area contributed by atoms with E-state index in [4.69, 9.17) is 5.73 Å². The van der Waals surface area contributed by atoms with Crippen LogP contribution in [0.2, 0.25) is 0 Å². The van der Waals surface area contributed by atoms with Gasteiger partial charge in [0.25, 0.3) is 0 Å². The Morgan fingerprint density at radius 3 is 2.31 bits per heavy atom. The van der Waals surface area contributed by atoms with Crippen molar-refractivity contribution in [3.05, 3.63) is 0 Å². The van der Waals surface area contributed by atoms with E-state index in [1.807, 2.05) is 4.93 Å². The molecule has 0 aromatic carbocycles. The van der Waals surface area contributed by atoms with Crippen LogP contribution in [-0.4, -0.2) is 35.9 Å². The van der Waals surface area contributed by atoms with Gasteiger partial charge in [0.1, 0.15) is 0 Å². The monoisotopic (exact) mass is 298 g/mol. The summed E-state index contributed by atoms with van der Waals surface area (Å²) < 4.78 is 0. The predicted octanol–water partition coefficient (Wildman–Crippen LogP) is 1.25. The first kappa shape index (κ1) is 13.2. The summed E-state index contributed by atoms with van der Waals surface area (Å²) in [5.74, 6) is 0.783. The molecule has 0 bridgehead atoms. The molecule has 0 aromatic heterocycles. The van der Waals surface area contributed by atoms with Crippen LogP contribution in [-0.2, 0) is 4.79 Å². The Balaban J connectivity index is 0.000000671. The van der Waals surface area contributed by atoms with Crippen molar-refractivity contribution in [1.29, 1.82) is 0 Å². The maximum Gasteiger partial charge on any atom is 0.238 e. The molecule has 0 heterocycles. The van der Waals surface area contributed by atoms with Gasteiger partial charge in [-0.05, 0) is 17.3 Å². The predicted molar refractivity (Wildman–Crippen MR) is 64.0 cm³/mol. The van der Waals surface area contributed by atoms with Crippen LogP contribution >= 0.6 is 22.6 Å². The zero-order valence-electron chi connectivity index (χ0n) is 8.59. The first-order valence-electron chi connectivity index (χ1n) is 4.46. The lowest BCUT2D eigenvalue weighted by Crippen LogP contribution is -2.40. The summed E-state index contributed by atoms with van der Waals surface area (Å²) in [6.45, 7) is 0. The van der Waals surface area contributed by atoms with E-state index in [-0.39, 0.29) is 11.9 Å². The standard InChI is InChI=1S/C8H16N2O.CH3I/c1-10(2)8(11)7(9)5-6-3-4-6;1-2/h6-7H,3-5,9H2,1-2H3;1H3/t7-;/m0./s1. The third-order valence-electron chi connectivity index (χ3n) is 2.04. The highest BCUT2D eigenvalue weighted by molar-refractivity contribution is 14.1. The van der Waals surface area contributed by atoms with E-state index < -0.39 is 0 Å². The van der Waals surface area contributed by atoms with E-state index in [0.29, 0.717) is 0 Å². The molecular formula is C9H19IN2O. The van der Waals surface area contributed by atoms with Gasteiger partial charge in [-0.2, -0.15) is 0 Å². The fraction of sp³-hybridized carbons (Fsp3) is 0.889. The third kappa shape index (κ3) is 5.46. The minimum absolute atomic E-state index is 0.0527. The molecule has 1 rings (SSSR count). The van der Waals surface area contributed by atoms with Gasteiger partial charge in [-0.1, -0.05) is 35.4 Å². The van der Waals surface area contributed by atoms with E-state index in [1.54, 1.807) is 19.0 Å². The molecule has 2 N–H and O–H groups in total. The summed E-state index contributed by atoms with van der Waals surface area (Å²) in [7, 11) is 3.49. The molecule has 0 aliphatic heterocycles. The van der Waals surface area contributed by atoms with Gasteiger partial charge >= 0.3 is 0 Å². The molecule has 3 nitrogen and oxygen atoms in total. The average Bonchev–Trinajstić information content (AvgIpc) is 2.90. The molecule has 1 aliphatic rings. The molecule has 1 aliphatic carbocycles. The highest BCUT2D eigenvalue weighted by Crippen LogP contribution is 2.33. The van der Waals surface area contributed by atoms with Crippen molar-refractivity contribution >= 4 is 28.5 Å². The summed E-state index contributed by atoms with van der Waals surface area (Å²) in [4.78, 5) is 14.7. The van der Waals surface area contributed by atoms with Gasteiger partial charge in [0.15, 0.2) is 0 Å². The Morgan fingerprint density at radius 1 is 1.54 bits per heavy atom. The minimum atomic E-state index is -0.266. The largest absolute Gasteiger partial charge is 0.347 e. The number of nitrogens with two attached hydrogens (primary N) is 1. The normalized spacial score (nSPS) is 17.0. The van der Waals surface area contributed by atoms with Gasteiger partial charge in [0.2, 0.25) is 5.91 Å². The van der Waals surface area contributed by atoms with Gasteiger partial charge in [0, 0.05) is 14.1 Å². The fourth-order valence-electron chi connectivity index (χ4n) is 1.15. The number of alkyl halides is 1. The van der Waals surface area contributed by atoms with Gasteiger partial charge in [0.05, 0.1) is 6.04 Å². The summed E-state index contributed by atoms with van der Waals surface area (Å²) in [5, 5.41) is 0. The van der Waals surface area contributed by atoms with Crippen molar-refractivity contribution in [2.24, 2.45) is 11.7 Å². The maximum atomic E-state index is 11.2. The van der Waals surface area contributed by atoms with Crippen LogP contribution in [0.4, 0.5) is 0 Å². The summed E-state index contributed by atoms with van der Waals surface area (Å²) in [5.41, 5.74) is 5.67. The molecule has 1 fully saturated rings. The van der Waals surface area contributed by atoms with Crippen LogP contribution in [0.25, 0.3) is 0 Å². The number of amides is 1. The molecule has 0 radical (unpaired) electrons. The lowest BCUT2D eigenvalue weighted by Gasteiger charge is -2.15. The average molecular weight is 298 g/mol. The van der Waals surface area contributed by atoms with Crippen LogP contribution in [0.15, 0.2) is 0 Å². The molecule has 78 valence electrons. The summed E-state index contributed by atoms with van der Waals surface area (Å²) in [6.07, 6.45) is 3.39. The Hall–Kier alpha value is 0.160. The second-order valence-corrected chi connectivity index (χ2v) is 3.52. The molecule has 0 unspecified atom stereocenters. The van der Waals surface area contributed by atoms with E-state index in [9.17, 15) is 4.79 Å². The number of nitrogens with zero attached hydrogens (tertiary/aromatic N) is 1. The zero-order chi connectivity index (χ0) is 10.4. The molecule has 1 amide bonds. The second-order valence-electron chi connectivity index (χ2n) is 3.52. The quantitative estimate of drug-likeness (QED) is 0.630. The van der Waals surface area contributed by atoms with Crippen LogP contribution in [0.5, 0.6) is 0 Å². The first-order valence-corrected chi connectivity index (χ1v) is 6.61. The van der Waals surface area contributed by atoms with Crippen molar-refractivity contribution in [1.82, 2.24) is 4.90 Å². The van der Waals surface area contributed by atoms with Crippen LogP contribution < -0.4 is 5.73 Å². The number of carbonyl (C=O) groups is 1. The number of hydrogen-bond acceptors (Lipinski definition) is 2. The smallest absolute Gasteiger partial charge is 0.238 e. The fourth-order valence-corrected chi connectivity index (χ4v) is 1.15. The van der Waals surface area contributed by atoms with Crippen molar-refractivity contribution in [2.45, 2.75) is 25.3 Å². The number of halogens is 1. The Bertz CT molecular complexity index is 158. The van der Waals surface area contributed by atoms with E-state index in [0.717, 1.165) is 12.3 Å². The number of carbonyl (C=O) groups excluding carboxylic acids is 1. The number of likely N-dealkylation sites (N-methyl/N-ethyl adjacent to an activating group) is 1. The van der Waals surface area contributed by atoms with E-state index in [2.05, 4.69) is 22.6 Å². The van der Waals surface area contributed by atoms with Crippen molar-refractivity contribution in [2.75, 3.05) is 19.0 Å². The summed E-state index contributed by atoms with van der Waals surface area (Å²) >= 11 is 2.15. The lowest BCUT2D eigenvalue weighted by atomic mass is 10.1. The molecule has 1 saturated carbocycles. The van der Waals surface area contributed by atoms with Crippen LogP contribution in [0.1, 0.15) is 19.3 Å². The molecule has 1 atom stereocenters. The van der Waals surface area contributed by atoms with Crippen LogP contribution in [0.3, 0.4) is 0 Å². The SMILES string of the molecule is CI.CN(C)C(=O)[C@@H](N)CC1CC1. The molecule has 0 spiro atoms. The minimum Gasteiger partial charge on any atom is -0.347 e. The van der Waals surface area contributed by atoms with Gasteiger partial charge in [-0.15, -0.1) is 0 Å². The topological polar surface area (TPSA) is 46.3 Å². The van der Waals surface area contributed by atoms with E-state index >= 15 is 0 Å². The molecule has 4 heteroatoms. The Morgan fingerprint density at radius 2 is 2.00 bits per heavy atom. The lowest BCUT2D eigenvalue weighted by molar-refractivity contribution is -0.130.